The number of hydrogen-bond donors (Lipinski definition) is 2. The fraction of sp³-hybridized carbons (Fsp3) is 0.647. The predicted molar refractivity (Wildman–Crippen MR) is 79.9 cm³/mol. The van der Waals surface area contributed by atoms with E-state index >= 15 is 0 Å². The molecule has 122 valence electrons. The van der Waals surface area contributed by atoms with Crippen molar-refractivity contribution in [1.29, 1.82) is 0 Å². The number of benzene rings is 1. The molecule has 2 aliphatic rings. The SMILES string of the molecule is C[C@@]12CO[C@@H](c3ccccc3)O[C@H]1C[C@@H](CCO)[C@](C)(O)O2. The number of aliphatic hydroxyl groups is 2. The number of ether oxygens (including phenoxy) is 3. The highest BCUT2D eigenvalue weighted by Crippen LogP contribution is 2.45. The Morgan fingerprint density at radius 1 is 1.23 bits per heavy atom. The summed E-state index contributed by atoms with van der Waals surface area (Å²) in [5, 5.41) is 19.7. The monoisotopic (exact) mass is 308 g/mol. The van der Waals surface area contributed by atoms with E-state index in [0.717, 1.165) is 5.56 Å². The number of fused-ring (bicyclic) bond motifs is 1. The minimum Gasteiger partial charge on any atom is -0.396 e. The van der Waals surface area contributed by atoms with Crippen LogP contribution in [0.15, 0.2) is 30.3 Å². The lowest BCUT2D eigenvalue weighted by atomic mass is 9.80. The van der Waals surface area contributed by atoms with Crippen LogP contribution < -0.4 is 0 Å². The van der Waals surface area contributed by atoms with Gasteiger partial charge in [-0.15, -0.1) is 0 Å². The Bertz CT molecular complexity index is 503. The molecule has 0 spiro atoms. The molecule has 0 aromatic heterocycles. The maximum atomic E-state index is 10.5. The average molecular weight is 308 g/mol. The topological polar surface area (TPSA) is 68.2 Å². The number of hydrogen-bond acceptors (Lipinski definition) is 5. The highest BCUT2D eigenvalue weighted by molar-refractivity contribution is 5.17. The third kappa shape index (κ3) is 2.92. The maximum absolute atomic E-state index is 10.5. The van der Waals surface area contributed by atoms with Crippen LogP contribution in [0, 0.1) is 5.92 Å². The molecule has 22 heavy (non-hydrogen) atoms. The van der Waals surface area contributed by atoms with Crippen molar-refractivity contribution in [2.45, 2.75) is 50.5 Å². The van der Waals surface area contributed by atoms with Gasteiger partial charge in [0.25, 0.3) is 0 Å². The molecular formula is C17H24O5. The highest BCUT2D eigenvalue weighted by Gasteiger charge is 2.54. The van der Waals surface area contributed by atoms with E-state index in [1.807, 2.05) is 37.3 Å². The number of rotatable bonds is 3. The van der Waals surface area contributed by atoms with Gasteiger partial charge in [-0.1, -0.05) is 30.3 Å². The Balaban J connectivity index is 1.77. The fourth-order valence-electron chi connectivity index (χ4n) is 3.43. The van der Waals surface area contributed by atoms with Gasteiger partial charge in [-0.25, -0.2) is 0 Å². The average Bonchev–Trinajstić information content (AvgIpc) is 2.48. The Kier molecular flexibility index (Phi) is 4.27. The van der Waals surface area contributed by atoms with Crippen LogP contribution in [0.4, 0.5) is 0 Å². The van der Waals surface area contributed by atoms with E-state index in [0.29, 0.717) is 19.4 Å². The van der Waals surface area contributed by atoms with E-state index in [4.69, 9.17) is 14.2 Å². The van der Waals surface area contributed by atoms with Crippen molar-refractivity contribution in [2.24, 2.45) is 5.92 Å². The van der Waals surface area contributed by atoms with Gasteiger partial charge in [0.15, 0.2) is 12.1 Å². The molecule has 2 heterocycles. The molecule has 0 amide bonds. The van der Waals surface area contributed by atoms with Crippen LogP contribution in [0.25, 0.3) is 0 Å². The van der Waals surface area contributed by atoms with Gasteiger partial charge in [-0.05, 0) is 26.7 Å². The molecule has 0 radical (unpaired) electrons. The second-order valence-corrected chi connectivity index (χ2v) is 6.59. The van der Waals surface area contributed by atoms with Gasteiger partial charge in [0.2, 0.25) is 0 Å². The molecule has 0 saturated carbocycles. The van der Waals surface area contributed by atoms with Gasteiger partial charge in [-0.2, -0.15) is 0 Å². The van der Waals surface area contributed by atoms with Crippen LogP contribution in [0.3, 0.4) is 0 Å². The molecular weight excluding hydrogens is 284 g/mol. The van der Waals surface area contributed by atoms with Crippen molar-refractivity contribution in [3.05, 3.63) is 35.9 Å². The van der Waals surface area contributed by atoms with Crippen LogP contribution >= 0.6 is 0 Å². The van der Waals surface area contributed by atoms with Crippen molar-refractivity contribution in [3.63, 3.8) is 0 Å². The lowest BCUT2D eigenvalue weighted by molar-refractivity contribution is -0.391. The van der Waals surface area contributed by atoms with Crippen LogP contribution in [-0.2, 0) is 14.2 Å². The minimum atomic E-state index is -1.28. The van der Waals surface area contributed by atoms with Crippen molar-refractivity contribution in [2.75, 3.05) is 13.2 Å². The minimum absolute atomic E-state index is 0.0201. The molecule has 1 aromatic rings. The van der Waals surface area contributed by atoms with Crippen molar-refractivity contribution < 1.29 is 24.4 Å². The van der Waals surface area contributed by atoms with Gasteiger partial charge in [0.05, 0.1) is 12.7 Å². The zero-order valence-corrected chi connectivity index (χ0v) is 13.1. The summed E-state index contributed by atoms with van der Waals surface area (Å²) in [6, 6.07) is 9.80. The van der Waals surface area contributed by atoms with Gasteiger partial charge in [0, 0.05) is 18.1 Å². The Hall–Kier alpha value is -0.980. The summed E-state index contributed by atoms with van der Waals surface area (Å²) in [4.78, 5) is 0. The first-order valence-electron chi connectivity index (χ1n) is 7.80. The van der Waals surface area contributed by atoms with E-state index in [1.165, 1.54) is 0 Å². The second-order valence-electron chi connectivity index (χ2n) is 6.59. The summed E-state index contributed by atoms with van der Waals surface area (Å²) in [5.74, 6) is -1.44. The molecule has 2 N–H and O–H groups in total. The summed E-state index contributed by atoms with van der Waals surface area (Å²) in [6.45, 7) is 3.94. The van der Waals surface area contributed by atoms with Gasteiger partial charge in [0.1, 0.15) is 5.60 Å². The standard InChI is InChI=1S/C17H24O5/c1-16-11-20-15(12-6-4-3-5-7-12)21-14(16)10-13(8-9-18)17(2,19)22-16/h3-7,13-15,18-19H,8-11H2,1-2H3/t13-,14+,15-,16-,17-/m1/s1. The predicted octanol–water partition coefficient (Wildman–Crippen LogP) is 1.99. The van der Waals surface area contributed by atoms with E-state index in [1.54, 1.807) is 6.92 Å². The summed E-state index contributed by atoms with van der Waals surface area (Å²) in [7, 11) is 0. The zero-order chi connectivity index (χ0) is 15.8. The second kappa shape index (κ2) is 5.91. The zero-order valence-electron chi connectivity index (χ0n) is 13.1. The molecule has 2 saturated heterocycles. The van der Waals surface area contributed by atoms with E-state index in [2.05, 4.69) is 0 Å². The van der Waals surface area contributed by atoms with E-state index in [9.17, 15) is 10.2 Å². The normalized spacial score (nSPS) is 41.9. The van der Waals surface area contributed by atoms with Crippen LogP contribution in [0.5, 0.6) is 0 Å². The Morgan fingerprint density at radius 3 is 2.64 bits per heavy atom. The maximum Gasteiger partial charge on any atom is 0.184 e. The third-order valence-electron chi connectivity index (χ3n) is 4.74. The molecule has 0 aliphatic carbocycles. The van der Waals surface area contributed by atoms with Crippen LogP contribution in [0.1, 0.15) is 38.5 Å². The van der Waals surface area contributed by atoms with Gasteiger partial charge >= 0.3 is 0 Å². The van der Waals surface area contributed by atoms with Crippen LogP contribution in [0.2, 0.25) is 0 Å². The first kappa shape index (κ1) is 15.9. The molecule has 2 aliphatic heterocycles. The first-order valence-corrected chi connectivity index (χ1v) is 7.80. The lowest BCUT2D eigenvalue weighted by Crippen LogP contribution is -2.63. The summed E-state index contributed by atoms with van der Waals surface area (Å²) >= 11 is 0. The molecule has 1 aromatic carbocycles. The Morgan fingerprint density at radius 2 is 1.95 bits per heavy atom. The molecule has 5 nitrogen and oxygen atoms in total. The molecule has 0 bridgehead atoms. The van der Waals surface area contributed by atoms with Crippen molar-refractivity contribution >= 4 is 0 Å². The number of aliphatic hydroxyl groups excluding tert-OH is 1. The summed E-state index contributed by atoms with van der Waals surface area (Å²) in [6.07, 6.45) is 0.528. The quantitative estimate of drug-likeness (QED) is 0.894. The molecule has 0 unspecified atom stereocenters. The molecule has 3 rings (SSSR count). The van der Waals surface area contributed by atoms with Crippen molar-refractivity contribution in [1.82, 2.24) is 0 Å². The van der Waals surface area contributed by atoms with E-state index < -0.39 is 17.7 Å². The molecule has 5 atom stereocenters. The van der Waals surface area contributed by atoms with Crippen molar-refractivity contribution in [3.8, 4) is 0 Å². The third-order valence-corrected chi connectivity index (χ3v) is 4.74. The fourth-order valence-corrected chi connectivity index (χ4v) is 3.43. The first-order chi connectivity index (χ1) is 10.4. The van der Waals surface area contributed by atoms with Crippen LogP contribution in [-0.4, -0.2) is 40.9 Å². The highest BCUT2D eigenvalue weighted by atomic mass is 16.7. The van der Waals surface area contributed by atoms with Gasteiger partial charge in [-0.3, -0.25) is 0 Å². The molecule has 2 fully saturated rings. The smallest absolute Gasteiger partial charge is 0.184 e. The van der Waals surface area contributed by atoms with E-state index in [-0.39, 0.29) is 18.6 Å². The molecule has 5 heteroatoms. The largest absolute Gasteiger partial charge is 0.396 e. The lowest BCUT2D eigenvalue weighted by Gasteiger charge is -2.53. The van der Waals surface area contributed by atoms with Gasteiger partial charge < -0.3 is 24.4 Å². The summed E-state index contributed by atoms with van der Waals surface area (Å²) < 4.78 is 17.8. The summed E-state index contributed by atoms with van der Waals surface area (Å²) in [5.41, 5.74) is 0.293. The Labute approximate surface area is 130 Å².